The molecule has 0 aromatic heterocycles. The summed E-state index contributed by atoms with van der Waals surface area (Å²) < 4.78 is 35.0. The van der Waals surface area contributed by atoms with Crippen LogP contribution in [-0.2, 0) is 28.4 Å². The predicted molar refractivity (Wildman–Crippen MR) is 117 cm³/mol. The summed E-state index contributed by atoms with van der Waals surface area (Å²) in [6, 6.07) is 0. The van der Waals surface area contributed by atoms with E-state index in [1.54, 1.807) is 0 Å². The fourth-order valence-electron chi connectivity index (χ4n) is 4.41. The van der Waals surface area contributed by atoms with E-state index in [1.807, 2.05) is 0 Å². The van der Waals surface area contributed by atoms with E-state index in [1.165, 1.54) is 6.42 Å². The van der Waals surface area contributed by atoms with Crippen LogP contribution >= 0.6 is 0 Å². The molecule has 0 saturated carbocycles. The zero-order chi connectivity index (χ0) is 21.6. The normalized spacial score (nSPS) is 30.9. The molecule has 5 atom stereocenters. The molecule has 3 saturated heterocycles. The van der Waals surface area contributed by atoms with Gasteiger partial charge in [0.15, 0.2) is 12.6 Å². The molecule has 0 spiro atoms. The van der Waals surface area contributed by atoms with E-state index in [2.05, 4.69) is 0 Å². The van der Waals surface area contributed by atoms with Gasteiger partial charge in [-0.3, -0.25) is 0 Å². The topological polar surface area (TPSA) is 75.6 Å². The number of rotatable bonds is 14. The van der Waals surface area contributed by atoms with Gasteiger partial charge in [-0.1, -0.05) is 19.3 Å². The Morgan fingerprint density at radius 3 is 2.26 bits per heavy atom. The second-order valence-corrected chi connectivity index (χ2v) is 9.08. The van der Waals surface area contributed by atoms with Crippen LogP contribution in [-0.4, -0.2) is 75.6 Å². The maximum absolute atomic E-state index is 10.0. The molecule has 0 aromatic carbocycles. The van der Waals surface area contributed by atoms with Gasteiger partial charge in [-0.15, -0.1) is 0 Å². The summed E-state index contributed by atoms with van der Waals surface area (Å²) in [5.41, 5.74) is 0. The maximum Gasteiger partial charge on any atom is 0.158 e. The van der Waals surface area contributed by atoms with Crippen LogP contribution in [0, 0.1) is 0 Å². The first kappa shape index (κ1) is 25.3. The molecule has 7 nitrogen and oxygen atoms in total. The summed E-state index contributed by atoms with van der Waals surface area (Å²) in [4.78, 5) is 0. The van der Waals surface area contributed by atoms with E-state index in [4.69, 9.17) is 28.4 Å². The van der Waals surface area contributed by atoms with Gasteiger partial charge in [-0.25, -0.2) is 0 Å². The molecule has 0 radical (unpaired) electrons. The number of hydrogen-bond donors (Lipinski definition) is 1. The Morgan fingerprint density at radius 1 is 0.774 bits per heavy atom. The lowest BCUT2D eigenvalue weighted by Gasteiger charge is -2.30. The molecule has 0 amide bonds. The molecule has 3 heterocycles. The van der Waals surface area contributed by atoms with Crippen molar-refractivity contribution >= 4 is 0 Å². The number of aliphatic hydroxyl groups excluding tert-OH is 1. The van der Waals surface area contributed by atoms with Crippen LogP contribution in [0.3, 0.4) is 0 Å². The predicted octanol–water partition coefficient (Wildman–Crippen LogP) is 3.95. The van der Waals surface area contributed by atoms with Crippen LogP contribution in [0.15, 0.2) is 0 Å². The number of aliphatic hydroxyl groups is 1. The summed E-state index contributed by atoms with van der Waals surface area (Å²) in [6.45, 7) is 4.06. The molecule has 182 valence electrons. The Balaban J connectivity index is 1.27. The van der Waals surface area contributed by atoms with Gasteiger partial charge in [0.25, 0.3) is 0 Å². The van der Waals surface area contributed by atoms with Gasteiger partial charge < -0.3 is 33.5 Å². The maximum atomic E-state index is 10.0. The average molecular weight is 445 g/mol. The Labute approximate surface area is 188 Å². The van der Waals surface area contributed by atoms with Crippen molar-refractivity contribution in [3.63, 3.8) is 0 Å². The summed E-state index contributed by atoms with van der Waals surface area (Å²) in [5.74, 6) is 0. The van der Waals surface area contributed by atoms with E-state index >= 15 is 0 Å². The summed E-state index contributed by atoms with van der Waals surface area (Å²) in [7, 11) is 0. The zero-order valence-corrected chi connectivity index (χ0v) is 19.2. The largest absolute Gasteiger partial charge is 0.390 e. The van der Waals surface area contributed by atoms with Gasteiger partial charge in [-0.05, 0) is 64.2 Å². The second kappa shape index (κ2) is 15.5. The first-order chi connectivity index (χ1) is 15.3. The highest BCUT2D eigenvalue weighted by atomic mass is 16.7. The Kier molecular flexibility index (Phi) is 12.7. The van der Waals surface area contributed by atoms with Crippen LogP contribution in [0.5, 0.6) is 0 Å². The van der Waals surface area contributed by atoms with Gasteiger partial charge >= 0.3 is 0 Å². The molecule has 3 aliphatic rings. The van der Waals surface area contributed by atoms with Crippen molar-refractivity contribution in [2.24, 2.45) is 0 Å². The van der Waals surface area contributed by atoms with Crippen molar-refractivity contribution in [1.29, 1.82) is 0 Å². The quantitative estimate of drug-likeness (QED) is 0.407. The third kappa shape index (κ3) is 10.5. The number of hydrogen-bond acceptors (Lipinski definition) is 7. The van der Waals surface area contributed by atoms with Crippen LogP contribution in [0.4, 0.5) is 0 Å². The highest BCUT2D eigenvalue weighted by Crippen LogP contribution is 2.20. The van der Waals surface area contributed by atoms with E-state index in [-0.39, 0.29) is 24.8 Å². The molecular weight excluding hydrogens is 400 g/mol. The average Bonchev–Trinajstić information content (AvgIpc) is 2.81. The molecule has 3 fully saturated rings. The van der Waals surface area contributed by atoms with Crippen LogP contribution in [0.1, 0.15) is 83.5 Å². The molecular formula is C24H44O7. The van der Waals surface area contributed by atoms with Gasteiger partial charge in [0.05, 0.1) is 25.4 Å². The number of ether oxygens (including phenoxy) is 6. The minimum atomic E-state index is -0.420. The fourth-order valence-corrected chi connectivity index (χ4v) is 4.41. The monoisotopic (exact) mass is 444 g/mol. The van der Waals surface area contributed by atoms with Crippen molar-refractivity contribution < 1.29 is 33.5 Å². The molecule has 3 aliphatic heterocycles. The SMILES string of the molecule is O[C@@H]1CCCO[C@H]1COCC(CCCCCCOC1CCCCO1)OC1CCCCO1. The van der Waals surface area contributed by atoms with Crippen molar-refractivity contribution in [3.8, 4) is 0 Å². The Morgan fingerprint density at radius 2 is 1.52 bits per heavy atom. The van der Waals surface area contributed by atoms with Crippen molar-refractivity contribution in [3.05, 3.63) is 0 Å². The molecule has 0 aliphatic carbocycles. The summed E-state index contributed by atoms with van der Waals surface area (Å²) in [6.07, 6.45) is 13.1. The summed E-state index contributed by atoms with van der Waals surface area (Å²) in [5, 5.41) is 10.0. The second-order valence-electron chi connectivity index (χ2n) is 9.08. The molecule has 3 unspecified atom stereocenters. The van der Waals surface area contributed by atoms with Crippen LogP contribution in [0.25, 0.3) is 0 Å². The van der Waals surface area contributed by atoms with Crippen molar-refractivity contribution in [2.75, 3.05) is 39.6 Å². The van der Waals surface area contributed by atoms with Gasteiger partial charge in [0.2, 0.25) is 0 Å². The minimum absolute atomic E-state index is 0.0193. The van der Waals surface area contributed by atoms with Gasteiger partial charge in [0.1, 0.15) is 6.10 Å². The Bertz CT molecular complexity index is 438. The molecule has 0 bridgehead atoms. The third-order valence-electron chi connectivity index (χ3n) is 6.34. The van der Waals surface area contributed by atoms with Crippen molar-refractivity contribution in [2.45, 2.75) is 114 Å². The summed E-state index contributed by atoms with van der Waals surface area (Å²) >= 11 is 0. The fraction of sp³-hybridized carbons (Fsp3) is 1.00. The number of unbranched alkanes of at least 4 members (excludes halogenated alkanes) is 3. The lowest BCUT2D eigenvalue weighted by atomic mass is 10.1. The smallest absolute Gasteiger partial charge is 0.158 e. The molecule has 31 heavy (non-hydrogen) atoms. The first-order valence-corrected chi connectivity index (χ1v) is 12.7. The van der Waals surface area contributed by atoms with Crippen molar-refractivity contribution in [1.82, 2.24) is 0 Å². The van der Waals surface area contributed by atoms with Crippen LogP contribution < -0.4 is 0 Å². The van der Waals surface area contributed by atoms with Crippen LogP contribution in [0.2, 0.25) is 0 Å². The molecule has 1 N–H and O–H groups in total. The Hall–Kier alpha value is -0.280. The van der Waals surface area contributed by atoms with Gasteiger partial charge in [0, 0.05) is 26.4 Å². The van der Waals surface area contributed by atoms with E-state index in [9.17, 15) is 5.11 Å². The third-order valence-corrected chi connectivity index (χ3v) is 6.34. The van der Waals surface area contributed by atoms with E-state index in [0.29, 0.717) is 19.8 Å². The lowest BCUT2D eigenvalue weighted by molar-refractivity contribution is -0.203. The van der Waals surface area contributed by atoms with Gasteiger partial charge in [-0.2, -0.15) is 0 Å². The van der Waals surface area contributed by atoms with E-state index < -0.39 is 6.10 Å². The zero-order valence-electron chi connectivity index (χ0n) is 19.2. The molecule has 0 aromatic rings. The highest BCUT2D eigenvalue weighted by Gasteiger charge is 2.25. The molecule has 3 rings (SSSR count). The lowest BCUT2D eigenvalue weighted by Crippen LogP contribution is -2.39. The minimum Gasteiger partial charge on any atom is -0.390 e. The molecule has 7 heteroatoms. The van der Waals surface area contributed by atoms with E-state index in [0.717, 1.165) is 96.9 Å². The standard InChI is InChI=1S/C24H44O7/c25-21-11-9-17-27-22(21)19-26-18-20(31-24-13-5-8-16-30-24)10-3-1-2-6-14-28-23-12-4-7-15-29-23/h20-25H,1-19H2/t20?,21-,22+,23?,24?/m1/s1. The highest BCUT2D eigenvalue weighted by molar-refractivity contribution is 4.73. The first-order valence-electron chi connectivity index (χ1n) is 12.7.